The third-order valence-corrected chi connectivity index (χ3v) is 2.87. The third kappa shape index (κ3) is 4.18. The van der Waals surface area contributed by atoms with E-state index in [2.05, 4.69) is 12.2 Å². The van der Waals surface area contributed by atoms with Crippen molar-refractivity contribution in [3.05, 3.63) is 34.6 Å². The van der Waals surface area contributed by atoms with Gasteiger partial charge in [-0.15, -0.1) is 0 Å². The molecule has 0 aliphatic heterocycles. The molecule has 1 N–H and O–H groups in total. The number of benzene rings is 1. The first-order valence-corrected chi connectivity index (χ1v) is 5.62. The topological polar surface area (TPSA) is 12.0 Å². The second-order valence-corrected chi connectivity index (χ2v) is 4.24. The fourth-order valence-corrected chi connectivity index (χ4v) is 1.65. The van der Waals surface area contributed by atoms with Gasteiger partial charge in [0.25, 0.3) is 0 Å². The number of nitrogens with one attached hydrogen (secondary N) is 1. The van der Waals surface area contributed by atoms with Crippen LogP contribution in [-0.2, 0) is 6.42 Å². The Morgan fingerprint density at radius 2 is 2.20 bits per heavy atom. The summed E-state index contributed by atoms with van der Waals surface area (Å²) < 4.78 is 12.9. The molecule has 1 rings (SSSR count). The molecule has 1 aromatic carbocycles. The van der Waals surface area contributed by atoms with E-state index in [1.165, 1.54) is 6.07 Å². The Balaban J connectivity index is 2.41. The van der Waals surface area contributed by atoms with Crippen molar-refractivity contribution in [3.63, 3.8) is 0 Å². The van der Waals surface area contributed by atoms with Crippen LogP contribution in [0.1, 0.15) is 25.3 Å². The summed E-state index contributed by atoms with van der Waals surface area (Å²) in [6, 6.07) is 5.46. The van der Waals surface area contributed by atoms with Gasteiger partial charge in [-0.1, -0.05) is 17.7 Å². The maximum absolute atomic E-state index is 12.9. The van der Waals surface area contributed by atoms with Gasteiger partial charge in [-0.3, -0.25) is 0 Å². The van der Waals surface area contributed by atoms with Crippen LogP contribution in [0.4, 0.5) is 4.39 Å². The SMILES string of the molecule is CNC(C)CCCc1ccc(F)c(Cl)c1. The molecular weight excluding hydrogens is 213 g/mol. The highest BCUT2D eigenvalue weighted by Crippen LogP contribution is 2.17. The highest BCUT2D eigenvalue weighted by Gasteiger charge is 2.02. The molecule has 15 heavy (non-hydrogen) atoms. The van der Waals surface area contributed by atoms with Gasteiger partial charge in [0, 0.05) is 6.04 Å². The summed E-state index contributed by atoms with van der Waals surface area (Å²) in [7, 11) is 1.96. The van der Waals surface area contributed by atoms with Crippen LogP contribution in [0.25, 0.3) is 0 Å². The van der Waals surface area contributed by atoms with E-state index in [-0.39, 0.29) is 10.8 Å². The van der Waals surface area contributed by atoms with E-state index in [1.54, 1.807) is 12.1 Å². The maximum atomic E-state index is 12.9. The molecule has 1 aromatic rings. The molecular formula is C12H17ClFN. The fourth-order valence-electron chi connectivity index (χ4n) is 1.45. The molecule has 0 aliphatic carbocycles. The van der Waals surface area contributed by atoms with Crippen molar-refractivity contribution < 1.29 is 4.39 Å². The van der Waals surface area contributed by atoms with Crippen molar-refractivity contribution >= 4 is 11.6 Å². The largest absolute Gasteiger partial charge is 0.317 e. The van der Waals surface area contributed by atoms with Crippen LogP contribution in [0.2, 0.25) is 5.02 Å². The van der Waals surface area contributed by atoms with E-state index < -0.39 is 0 Å². The summed E-state index contributed by atoms with van der Waals surface area (Å²) in [4.78, 5) is 0. The van der Waals surface area contributed by atoms with Crippen molar-refractivity contribution in [2.75, 3.05) is 7.05 Å². The quantitative estimate of drug-likeness (QED) is 0.816. The average Bonchev–Trinajstić information content (AvgIpc) is 2.23. The lowest BCUT2D eigenvalue weighted by Crippen LogP contribution is -2.20. The normalized spacial score (nSPS) is 12.8. The number of aryl methyl sites for hydroxylation is 1. The molecule has 0 amide bonds. The summed E-state index contributed by atoms with van der Waals surface area (Å²) in [5.74, 6) is -0.344. The third-order valence-electron chi connectivity index (χ3n) is 2.58. The average molecular weight is 230 g/mol. The first-order chi connectivity index (χ1) is 7.13. The number of rotatable bonds is 5. The van der Waals surface area contributed by atoms with Crippen molar-refractivity contribution in [1.29, 1.82) is 0 Å². The fraction of sp³-hybridized carbons (Fsp3) is 0.500. The van der Waals surface area contributed by atoms with E-state index in [1.807, 2.05) is 7.05 Å². The smallest absolute Gasteiger partial charge is 0.141 e. The molecule has 1 nitrogen and oxygen atoms in total. The van der Waals surface area contributed by atoms with Gasteiger partial charge in [0.05, 0.1) is 5.02 Å². The van der Waals surface area contributed by atoms with Gasteiger partial charge in [-0.25, -0.2) is 4.39 Å². The number of halogens is 2. The minimum Gasteiger partial charge on any atom is -0.317 e. The molecule has 1 atom stereocenters. The Morgan fingerprint density at radius 3 is 2.80 bits per heavy atom. The lowest BCUT2D eigenvalue weighted by Gasteiger charge is -2.09. The molecule has 3 heteroatoms. The van der Waals surface area contributed by atoms with Gasteiger partial charge in [-0.05, 0) is 50.9 Å². The second kappa shape index (κ2) is 6.09. The molecule has 0 bridgehead atoms. The lowest BCUT2D eigenvalue weighted by molar-refractivity contribution is 0.541. The van der Waals surface area contributed by atoms with Crippen LogP contribution in [0.15, 0.2) is 18.2 Å². The molecule has 84 valence electrons. The molecule has 0 heterocycles. The summed E-state index contributed by atoms with van der Waals surface area (Å²) in [6.07, 6.45) is 3.15. The minimum atomic E-state index is -0.344. The zero-order chi connectivity index (χ0) is 11.3. The monoisotopic (exact) mass is 229 g/mol. The highest BCUT2D eigenvalue weighted by atomic mass is 35.5. The molecule has 0 spiro atoms. The first-order valence-electron chi connectivity index (χ1n) is 5.24. The summed E-state index contributed by atoms with van der Waals surface area (Å²) >= 11 is 5.70. The predicted octanol–water partition coefficient (Wildman–Crippen LogP) is 3.41. The maximum Gasteiger partial charge on any atom is 0.141 e. The Morgan fingerprint density at radius 1 is 1.47 bits per heavy atom. The van der Waals surface area contributed by atoms with E-state index in [0.717, 1.165) is 24.8 Å². The molecule has 0 aliphatic rings. The molecule has 0 saturated heterocycles. The van der Waals surface area contributed by atoms with Crippen LogP contribution < -0.4 is 5.32 Å². The standard InChI is InChI=1S/C12H17ClFN/c1-9(15-2)4-3-5-10-6-7-12(14)11(13)8-10/h6-9,15H,3-5H2,1-2H3. The van der Waals surface area contributed by atoms with E-state index in [9.17, 15) is 4.39 Å². The van der Waals surface area contributed by atoms with Gasteiger partial charge in [-0.2, -0.15) is 0 Å². The Labute approximate surface area is 95.6 Å². The number of hydrogen-bond acceptors (Lipinski definition) is 1. The minimum absolute atomic E-state index is 0.217. The van der Waals surface area contributed by atoms with E-state index in [0.29, 0.717) is 6.04 Å². The zero-order valence-electron chi connectivity index (χ0n) is 9.19. The van der Waals surface area contributed by atoms with Gasteiger partial charge < -0.3 is 5.32 Å². The van der Waals surface area contributed by atoms with E-state index >= 15 is 0 Å². The highest BCUT2D eigenvalue weighted by molar-refractivity contribution is 6.30. The Bertz CT molecular complexity index is 314. The van der Waals surface area contributed by atoms with Crippen molar-refractivity contribution in [1.82, 2.24) is 5.32 Å². The van der Waals surface area contributed by atoms with Crippen LogP contribution >= 0.6 is 11.6 Å². The summed E-state index contributed by atoms with van der Waals surface area (Å²) in [5.41, 5.74) is 1.10. The molecule has 0 fully saturated rings. The van der Waals surface area contributed by atoms with Crippen LogP contribution in [0.3, 0.4) is 0 Å². The van der Waals surface area contributed by atoms with Crippen molar-refractivity contribution in [2.45, 2.75) is 32.2 Å². The molecule has 0 radical (unpaired) electrons. The molecule has 1 unspecified atom stereocenters. The summed E-state index contributed by atoms with van der Waals surface area (Å²) in [6.45, 7) is 2.15. The van der Waals surface area contributed by atoms with Crippen LogP contribution in [0.5, 0.6) is 0 Å². The molecule has 0 saturated carbocycles. The van der Waals surface area contributed by atoms with Crippen LogP contribution in [0, 0.1) is 5.82 Å². The van der Waals surface area contributed by atoms with Crippen LogP contribution in [-0.4, -0.2) is 13.1 Å². The van der Waals surface area contributed by atoms with Gasteiger partial charge in [0.2, 0.25) is 0 Å². The lowest BCUT2D eigenvalue weighted by atomic mass is 10.1. The van der Waals surface area contributed by atoms with Gasteiger partial charge in [0.1, 0.15) is 5.82 Å². The zero-order valence-corrected chi connectivity index (χ0v) is 9.94. The van der Waals surface area contributed by atoms with Gasteiger partial charge >= 0.3 is 0 Å². The predicted molar refractivity (Wildman–Crippen MR) is 62.9 cm³/mol. The summed E-state index contributed by atoms with van der Waals surface area (Å²) in [5, 5.41) is 3.40. The van der Waals surface area contributed by atoms with Crippen molar-refractivity contribution in [2.24, 2.45) is 0 Å². The molecule has 0 aromatic heterocycles. The number of hydrogen-bond donors (Lipinski definition) is 1. The van der Waals surface area contributed by atoms with E-state index in [4.69, 9.17) is 11.6 Å². The van der Waals surface area contributed by atoms with Crippen molar-refractivity contribution in [3.8, 4) is 0 Å². The second-order valence-electron chi connectivity index (χ2n) is 3.83. The van der Waals surface area contributed by atoms with Gasteiger partial charge in [0.15, 0.2) is 0 Å². The Hall–Kier alpha value is -0.600. The Kier molecular flexibility index (Phi) is 5.06. The first kappa shape index (κ1) is 12.5.